The van der Waals surface area contributed by atoms with Crippen LogP contribution in [0.3, 0.4) is 0 Å². The number of rotatable bonds is 7. The molecular formula is C20H22ClN5OS. The molecule has 1 aromatic heterocycles. The fourth-order valence-electron chi connectivity index (χ4n) is 2.75. The Kier molecular flexibility index (Phi) is 6.59. The molecule has 0 aliphatic carbocycles. The minimum absolute atomic E-state index is 0.0705. The van der Waals surface area contributed by atoms with Gasteiger partial charge in [-0.2, -0.15) is 0 Å². The summed E-state index contributed by atoms with van der Waals surface area (Å²) < 4.78 is 1.89. The summed E-state index contributed by atoms with van der Waals surface area (Å²) in [6.45, 7) is 4.55. The van der Waals surface area contributed by atoms with Crippen LogP contribution in [0, 0.1) is 13.8 Å². The molecule has 0 aliphatic heterocycles. The van der Waals surface area contributed by atoms with E-state index >= 15 is 0 Å². The van der Waals surface area contributed by atoms with Crippen LogP contribution in [0.15, 0.2) is 47.6 Å². The lowest BCUT2D eigenvalue weighted by molar-refractivity contribution is -0.113. The number of anilines is 2. The van der Waals surface area contributed by atoms with E-state index < -0.39 is 0 Å². The number of thioether (sulfide) groups is 1. The number of nitrogens with one attached hydrogen (secondary N) is 2. The first kappa shape index (κ1) is 20.2. The van der Waals surface area contributed by atoms with Crippen LogP contribution in [0.25, 0.3) is 0 Å². The van der Waals surface area contributed by atoms with Crippen LogP contribution in [-0.4, -0.2) is 26.4 Å². The molecule has 0 spiro atoms. The molecule has 0 saturated carbocycles. The molecule has 8 heteroatoms. The van der Waals surface area contributed by atoms with Gasteiger partial charge in [-0.1, -0.05) is 29.4 Å². The van der Waals surface area contributed by atoms with Gasteiger partial charge in [0.2, 0.25) is 5.91 Å². The number of aromatic nitrogens is 3. The van der Waals surface area contributed by atoms with Crippen molar-refractivity contribution in [2.45, 2.75) is 25.5 Å². The minimum atomic E-state index is -0.0705. The largest absolute Gasteiger partial charge is 0.378 e. The van der Waals surface area contributed by atoms with Gasteiger partial charge in [0.05, 0.1) is 12.3 Å². The number of amides is 1. The second-order valence-corrected chi connectivity index (χ2v) is 7.91. The molecule has 0 saturated heterocycles. The van der Waals surface area contributed by atoms with Crippen molar-refractivity contribution < 1.29 is 4.79 Å². The fraction of sp³-hybridized carbons (Fsp3) is 0.250. The zero-order valence-corrected chi connectivity index (χ0v) is 17.6. The SMILES string of the molecule is Cc1cc(C)cc(NC(=O)CSc2nnc(CNc3ccc(Cl)cc3)n2C)c1. The molecule has 0 aliphatic rings. The first-order valence-electron chi connectivity index (χ1n) is 8.79. The predicted molar refractivity (Wildman–Crippen MR) is 115 cm³/mol. The Bertz CT molecular complexity index is 951. The Morgan fingerprint density at radius 3 is 2.43 bits per heavy atom. The second kappa shape index (κ2) is 9.12. The summed E-state index contributed by atoms with van der Waals surface area (Å²) in [4.78, 5) is 12.3. The average molecular weight is 416 g/mol. The number of benzene rings is 2. The molecule has 0 atom stereocenters. The molecule has 1 amide bonds. The summed E-state index contributed by atoms with van der Waals surface area (Å²) in [6, 6.07) is 13.5. The fourth-order valence-corrected chi connectivity index (χ4v) is 3.60. The Hall–Kier alpha value is -2.51. The zero-order valence-electron chi connectivity index (χ0n) is 16.0. The van der Waals surface area contributed by atoms with E-state index in [9.17, 15) is 4.79 Å². The highest BCUT2D eigenvalue weighted by molar-refractivity contribution is 7.99. The van der Waals surface area contributed by atoms with E-state index in [0.29, 0.717) is 16.7 Å². The molecule has 2 aromatic carbocycles. The maximum atomic E-state index is 12.3. The van der Waals surface area contributed by atoms with Gasteiger partial charge in [-0.15, -0.1) is 10.2 Å². The van der Waals surface area contributed by atoms with E-state index in [1.54, 1.807) is 0 Å². The molecule has 1 heterocycles. The highest BCUT2D eigenvalue weighted by Gasteiger charge is 2.12. The number of carbonyl (C=O) groups excluding carboxylic acids is 1. The quantitative estimate of drug-likeness (QED) is 0.558. The maximum absolute atomic E-state index is 12.3. The summed E-state index contributed by atoms with van der Waals surface area (Å²) in [5.41, 5.74) is 4.01. The van der Waals surface area contributed by atoms with Gasteiger partial charge in [-0.3, -0.25) is 4.79 Å². The molecule has 3 rings (SSSR count). The summed E-state index contributed by atoms with van der Waals surface area (Å²) in [7, 11) is 1.89. The number of nitrogens with zero attached hydrogens (tertiary/aromatic N) is 3. The molecule has 0 bridgehead atoms. The van der Waals surface area contributed by atoms with Gasteiger partial charge in [0.1, 0.15) is 0 Å². The third kappa shape index (κ3) is 5.50. The normalized spacial score (nSPS) is 10.7. The molecule has 2 N–H and O–H groups in total. The molecule has 3 aromatic rings. The van der Waals surface area contributed by atoms with Crippen molar-refractivity contribution in [3.05, 3.63) is 64.4 Å². The minimum Gasteiger partial charge on any atom is -0.378 e. The third-order valence-electron chi connectivity index (χ3n) is 4.06. The van der Waals surface area contributed by atoms with Crippen LogP contribution in [0.5, 0.6) is 0 Å². The lowest BCUT2D eigenvalue weighted by atomic mass is 10.1. The van der Waals surface area contributed by atoms with E-state index in [2.05, 4.69) is 26.9 Å². The average Bonchev–Trinajstić information content (AvgIpc) is 2.98. The molecule has 0 radical (unpaired) electrons. The van der Waals surface area contributed by atoms with Gasteiger partial charge >= 0.3 is 0 Å². The summed E-state index contributed by atoms with van der Waals surface area (Å²) in [5, 5.41) is 16.0. The molecule has 28 heavy (non-hydrogen) atoms. The Labute approximate surface area is 173 Å². The van der Waals surface area contributed by atoms with E-state index in [4.69, 9.17) is 11.6 Å². The first-order chi connectivity index (χ1) is 13.4. The van der Waals surface area contributed by atoms with Gasteiger partial charge in [-0.25, -0.2) is 0 Å². The van der Waals surface area contributed by atoms with Crippen LogP contribution in [0.4, 0.5) is 11.4 Å². The summed E-state index contributed by atoms with van der Waals surface area (Å²) in [6.07, 6.45) is 0. The number of hydrogen-bond donors (Lipinski definition) is 2. The van der Waals surface area contributed by atoms with E-state index in [1.165, 1.54) is 11.8 Å². The van der Waals surface area contributed by atoms with Crippen LogP contribution in [-0.2, 0) is 18.4 Å². The molecule has 0 fully saturated rings. The number of halogens is 1. The lowest BCUT2D eigenvalue weighted by Gasteiger charge is -2.08. The number of carbonyl (C=O) groups is 1. The molecule has 6 nitrogen and oxygen atoms in total. The smallest absolute Gasteiger partial charge is 0.234 e. The van der Waals surface area contributed by atoms with Gasteiger partial charge in [0.25, 0.3) is 0 Å². The maximum Gasteiger partial charge on any atom is 0.234 e. The molecule has 0 unspecified atom stereocenters. The predicted octanol–water partition coefficient (Wildman–Crippen LogP) is 4.43. The number of aryl methyl sites for hydroxylation is 2. The van der Waals surface area contributed by atoms with Crippen molar-refractivity contribution in [1.82, 2.24) is 14.8 Å². The van der Waals surface area contributed by atoms with Crippen LogP contribution in [0.1, 0.15) is 17.0 Å². The van der Waals surface area contributed by atoms with E-state index in [1.807, 2.05) is 61.9 Å². The van der Waals surface area contributed by atoms with Crippen LogP contribution >= 0.6 is 23.4 Å². The molecule has 146 valence electrons. The van der Waals surface area contributed by atoms with Gasteiger partial charge in [0.15, 0.2) is 11.0 Å². The first-order valence-corrected chi connectivity index (χ1v) is 10.2. The zero-order chi connectivity index (χ0) is 20.1. The van der Waals surface area contributed by atoms with Crippen molar-refractivity contribution in [1.29, 1.82) is 0 Å². The Morgan fingerprint density at radius 2 is 1.75 bits per heavy atom. The van der Waals surface area contributed by atoms with Gasteiger partial charge < -0.3 is 15.2 Å². The Morgan fingerprint density at radius 1 is 1.07 bits per heavy atom. The standard InChI is InChI=1S/C20H22ClN5OS/c1-13-8-14(2)10-17(9-13)23-19(27)12-28-20-25-24-18(26(20)3)11-22-16-6-4-15(21)5-7-16/h4-10,22H,11-12H2,1-3H3,(H,23,27). The van der Waals surface area contributed by atoms with Crippen LogP contribution < -0.4 is 10.6 Å². The Balaban J connectivity index is 1.53. The highest BCUT2D eigenvalue weighted by atomic mass is 35.5. The van der Waals surface area contributed by atoms with E-state index in [0.717, 1.165) is 28.3 Å². The van der Waals surface area contributed by atoms with Crippen molar-refractivity contribution in [3.63, 3.8) is 0 Å². The van der Waals surface area contributed by atoms with Crippen molar-refractivity contribution in [3.8, 4) is 0 Å². The monoisotopic (exact) mass is 415 g/mol. The number of hydrogen-bond acceptors (Lipinski definition) is 5. The second-order valence-electron chi connectivity index (χ2n) is 6.53. The third-order valence-corrected chi connectivity index (χ3v) is 5.33. The van der Waals surface area contributed by atoms with Crippen molar-refractivity contribution in [2.24, 2.45) is 7.05 Å². The topological polar surface area (TPSA) is 71.8 Å². The van der Waals surface area contributed by atoms with Crippen molar-refractivity contribution in [2.75, 3.05) is 16.4 Å². The molecular weight excluding hydrogens is 394 g/mol. The highest BCUT2D eigenvalue weighted by Crippen LogP contribution is 2.19. The lowest BCUT2D eigenvalue weighted by Crippen LogP contribution is -2.15. The summed E-state index contributed by atoms with van der Waals surface area (Å²) >= 11 is 7.25. The summed E-state index contributed by atoms with van der Waals surface area (Å²) in [5.74, 6) is 0.981. The van der Waals surface area contributed by atoms with Crippen molar-refractivity contribution >= 4 is 40.6 Å². The van der Waals surface area contributed by atoms with E-state index in [-0.39, 0.29) is 11.7 Å². The van der Waals surface area contributed by atoms with Crippen LogP contribution in [0.2, 0.25) is 5.02 Å². The van der Waals surface area contributed by atoms with Gasteiger partial charge in [-0.05, 0) is 61.4 Å². The van der Waals surface area contributed by atoms with Gasteiger partial charge in [0, 0.05) is 23.4 Å².